The fourth-order valence-corrected chi connectivity index (χ4v) is 3.00. The molecule has 0 saturated heterocycles. The number of halogens is 1. The third-order valence-electron chi connectivity index (χ3n) is 4.26. The van der Waals surface area contributed by atoms with Crippen molar-refractivity contribution < 1.29 is 24.2 Å². The van der Waals surface area contributed by atoms with Gasteiger partial charge in [0.2, 0.25) is 11.8 Å². The van der Waals surface area contributed by atoms with Crippen LogP contribution in [0.1, 0.15) is 18.1 Å². The zero-order valence-electron chi connectivity index (χ0n) is 16.4. The molecule has 30 heavy (non-hydrogen) atoms. The molecule has 9 heteroatoms. The second-order valence-corrected chi connectivity index (χ2v) is 7.96. The first-order chi connectivity index (χ1) is 14.3. The van der Waals surface area contributed by atoms with Crippen molar-refractivity contribution in [2.45, 2.75) is 38.1 Å². The molecule has 3 atom stereocenters. The number of aliphatic hydroxyl groups excluding tert-OH is 1. The van der Waals surface area contributed by atoms with Crippen molar-refractivity contribution in [2.75, 3.05) is 0 Å². The van der Waals surface area contributed by atoms with E-state index >= 15 is 0 Å². The summed E-state index contributed by atoms with van der Waals surface area (Å²) in [5.74, 6) is -1.46. The van der Waals surface area contributed by atoms with E-state index in [1.807, 2.05) is 30.3 Å². The molecule has 0 radical (unpaired) electrons. The Hall–Kier alpha value is -2.66. The summed E-state index contributed by atoms with van der Waals surface area (Å²) in [7, 11) is 0. The van der Waals surface area contributed by atoms with Gasteiger partial charge in [0.25, 0.3) is 0 Å². The molecule has 0 heterocycles. The minimum atomic E-state index is -1.31. The number of rotatable bonds is 9. The van der Waals surface area contributed by atoms with E-state index in [4.69, 9.17) is 10.5 Å². The van der Waals surface area contributed by atoms with Crippen LogP contribution in [-0.2, 0) is 27.4 Å². The highest BCUT2D eigenvalue weighted by Crippen LogP contribution is 2.09. The third-order valence-corrected chi connectivity index (χ3v) is 4.98. The molecule has 5 N–H and O–H groups in total. The number of carbonyl (C=O) groups excluding carboxylic acids is 3. The van der Waals surface area contributed by atoms with Gasteiger partial charge in [-0.15, -0.1) is 0 Å². The molecule has 2 aromatic carbocycles. The Labute approximate surface area is 188 Å². The highest BCUT2D eigenvalue weighted by molar-refractivity contribution is 14.1. The number of hydrogen-bond acceptors (Lipinski definition) is 5. The molecule has 0 spiro atoms. The zero-order chi connectivity index (χ0) is 22.1. The largest absolute Gasteiger partial charge is 0.445 e. The van der Waals surface area contributed by atoms with Gasteiger partial charge in [0, 0.05) is 9.99 Å². The number of carbonyl (C=O) groups is 3. The molecule has 0 aliphatic carbocycles. The Bertz CT molecular complexity index is 859. The van der Waals surface area contributed by atoms with Gasteiger partial charge in [0.15, 0.2) is 0 Å². The second kappa shape index (κ2) is 11.5. The van der Waals surface area contributed by atoms with Crippen molar-refractivity contribution in [3.63, 3.8) is 0 Å². The molecule has 0 saturated carbocycles. The molecule has 0 aliphatic heterocycles. The molecule has 2 aromatic rings. The van der Waals surface area contributed by atoms with Crippen LogP contribution in [0.15, 0.2) is 54.6 Å². The maximum atomic E-state index is 12.6. The molecule has 8 nitrogen and oxygen atoms in total. The van der Waals surface area contributed by atoms with Crippen LogP contribution in [-0.4, -0.2) is 41.2 Å². The molecule has 0 aliphatic rings. The quantitative estimate of drug-likeness (QED) is 0.369. The standard InChI is InChI=1S/C21H24IN3O5/c1-13(26)18(25-21(29)30-12-15-5-3-2-4-6-15)20(28)24-17(19(23)27)11-14-7-9-16(22)10-8-14/h2-10,13,17-18,26H,11-12H2,1H3,(H2,23,27)(H,24,28)(H,25,29)/t13-,17-,18+/m1/s1. The smallest absolute Gasteiger partial charge is 0.408 e. The molecular formula is C21H24IN3O5. The van der Waals surface area contributed by atoms with E-state index in [1.54, 1.807) is 24.3 Å². The number of benzene rings is 2. The number of ether oxygens (including phenoxy) is 1. The highest BCUT2D eigenvalue weighted by atomic mass is 127. The molecule has 160 valence electrons. The zero-order valence-corrected chi connectivity index (χ0v) is 18.5. The van der Waals surface area contributed by atoms with Gasteiger partial charge in [0.05, 0.1) is 6.10 Å². The molecule has 0 fully saturated rings. The van der Waals surface area contributed by atoms with Gasteiger partial charge in [-0.05, 0) is 52.8 Å². The summed E-state index contributed by atoms with van der Waals surface area (Å²) < 4.78 is 6.12. The Balaban J connectivity index is 1.97. The Morgan fingerprint density at radius 3 is 2.23 bits per heavy atom. The topological polar surface area (TPSA) is 131 Å². The van der Waals surface area contributed by atoms with Crippen LogP contribution >= 0.6 is 22.6 Å². The van der Waals surface area contributed by atoms with Crippen molar-refractivity contribution in [2.24, 2.45) is 5.73 Å². The first-order valence-electron chi connectivity index (χ1n) is 9.25. The van der Waals surface area contributed by atoms with Gasteiger partial charge in [-0.25, -0.2) is 4.79 Å². The lowest BCUT2D eigenvalue weighted by molar-refractivity contribution is -0.130. The van der Waals surface area contributed by atoms with Crippen molar-refractivity contribution >= 4 is 40.5 Å². The predicted octanol–water partition coefficient (Wildman–Crippen LogP) is 1.48. The second-order valence-electron chi connectivity index (χ2n) is 6.72. The Morgan fingerprint density at radius 1 is 1.03 bits per heavy atom. The molecular weight excluding hydrogens is 501 g/mol. The summed E-state index contributed by atoms with van der Waals surface area (Å²) in [6.07, 6.45) is -1.91. The van der Waals surface area contributed by atoms with E-state index in [0.29, 0.717) is 0 Å². The lowest BCUT2D eigenvalue weighted by Gasteiger charge is -2.23. The van der Waals surface area contributed by atoms with E-state index < -0.39 is 36.1 Å². The lowest BCUT2D eigenvalue weighted by Crippen LogP contribution is -2.57. The first-order valence-corrected chi connectivity index (χ1v) is 10.3. The minimum Gasteiger partial charge on any atom is -0.445 e. The van der Waals surface area contributed by atoms with Crippen LogP contribution in [0.3, 0.4) is 0 Å². The fraction of sp³-hybridized carbons (Fsp3) is 0.286. The predicted molar refractivity (Wildman–Crippen MR) is 119 cm³/mol. The summed E-state index contributed by atoms with van der Waals surface area (Å²) in [6.45, 7) is 1.36. The summed E-state index contributed by atoms with van der Waals surface area (Å²) >= 11 is 2.16. The monoisotopic (exact) mass is 525 g/mol. The average molecular weight is 525 g/mol. The van der Waals surface area contributed by atoms with E-state index in [1.165, 1.54) is 6.92 Å². The van der Waals surface area contributed by atoms with Crippen LogP contribution in [0.5, 0.6) is 0 Å². The Kier molecular flexibility index (Phi) is 9.06. The van der Waals surface area contributed by atoms with E-state index in [2.05, 4.69) is 33.2 Å². The highest BCUT2D eigenvalue weighted by Gasteiger charge is 2.29. The van der Waals surface area contributed by atoms with Gasteiger partial charge in [-0.1, -0.05) is 42.5 Å². The van der Waals surface area contributed by atoms with Gasteiger partial charge < -0.3 is 26.2 Å². The van der Waals surface area contributed by atoms with Gasteiger partial charge in [-0.3, -0.25) is 9.59 Å². The molecule has 0 unspecified atom stereocenters. The number of hydrogen-bond donors (Lipinski definition) is 4. The van der Waals surface area contributed by atoms with Crippen LogP contribution in [0.25, 0.3) is 0 Å². The average Bonchev–Trinajstić information content (AvgIpc) is 2.71. The number of alkyl carbamates (subject to hydrolysis) is 1. The van der Waals surface area contributed by atoms with E-state index in [0.717, 1.165) is 14.7 Å². The third kappa shape index (κ3) is 7.64. The van der Waals surface area contributed by atoms with Crippen molar-refractivity contribution in [3.05, 3.63) is 69.3 Å². The summed E-state index contributed by atoms with van der Waals surface area (Å²) in [4.78, 5) is 36.5. The van der Waals surface area contributed by atoms with Gasteiger partial charge in [0.1, 0.15) is 18.7 Å². The first kappa shape index (κ1) is 23.6. The van der Waals surface area contributed by atoms with Crippen LogP contribution in [0.2, 0.25) is 0 Å². The maximum absolute atomic E-state index is 12.6. The Morgan fingerprint density at radius 2 is 1.67 bits per heavy atom. The summed E-state index contributed by atoms with van der Waals surface area (Å²) in [6, 6.07) is 14.1. The van der Waals surface area contributed by atoms with E-state index in [-0.39, 0.29) is 13.0 Å². The van der Waals surface area contributed by atoms with E-state index in [9.17, 15) is 19.5 Å². The fourth-order valence-electron chi connectivity index (χ4n) is 2.64. The maximum Gasteiger partial charge on any atom is 0.408 e. The summed E-state index contributed by atoms with van der Waals surface area (Å²) in [5.41, 5.74) is 7.01. The van der Waals surface area contributed by atoms with Gasteiger partial charge in [-0.2, -0.15) is 0 Å². The minimum absolute atomic E-state index is 0.0114. The number of nitrogens with two attached hydrogens (primary N) is 1. The summed E-state index contributed by atoms with van der Waals surface area (Å²) in [5, 5.41) is 14.8. The molecule has 0 aromatic heterocycles. The molecule has 2 rings (SSSR count). The van der Waals surface area contributed by atoms with Crippen LogP contribution < -0.4 is 16.4 Å². The van der Waals surface area contributed by atoms with Crippen molar-refractivity contribution in [1.29, 1.82) is 0 Å². The normalized spacial score (nSPS) is 13.6. The van der Waals surface area contributed by atoms with Crippen molar-refractivity contribution in [3.8, 4) is 0 Å². The number of primary amides is 1. The lowest BCUT2D eigenvalue weighted by atomic mass is 10.0. The van der Waals surface area contributed by atoms with Crippen LogP contribution in [0.4, 0.5) is 4.79 Å². The molecule has 0 bridgehead atoms. The SMILES string of the molecule is C[C@@H](O)[C@H](NC(=O)OCc1ccccc1)C(=O)N[C@H](Cc1ccc(I)cc1)C(N)=O. The molecule has 3 amide bonds. The number of amides is 3. The number of aliphatic hydroxyl groups is 1. The van der Waals surface area contributed by atoms with Crippen molar-refractivity contribution in [1.82, 2.24) is 10.6 Å². The van der Waals surface area contributed by atoms with Gasteiger partial charge >= 0.3 is 6.09 Å². The number of nitrogens with one attached hydrogen (secondary N) is 2. The van der Waals surface area contributed by atoms with Crippen LogP contribution in [0, 0.1) is 3.57 Å².